The first-order valence-corrected chi connectivity index (χ1v) is 6.85. The van der Waals surface area contributed by atoms with Crippen LogP contribution in [0.2, 0.25) is 0 Å². The van der Waals surface area contributed by atoms with Crippen LogP contribution >= 0.6 is 0 Å². The molecular weight excluding hydrogens is 216 g/mol. The molecule has 0 aromatic rings. The lowest BCUT2D eigenvalue weighted by molar-refractivity contribution is -0.156. The van der Waals surface area contributed by atoms with Crippen molar-refractivity contribution < 1.29 is 13.7 Å². The Morgan fingerprint density at radius 1 is 1.53 bits per heavy atom. The zero-order valence-corrected chi connectivity index (χ0v) is 10.5. The molecule has 90 valence electrons. The van der Waals surface area contributed by atoms with Gasteiger partial charge in [-0.25, -0.2) is 0 Å². The summed E-state index contributed by atoms with van der Waals surface area (Å²) in [5.74, 6) is -0.390. The van der Waals surface area contributed by atoms with E-state index in [0.29, 0.717) is 0 Å². The minimum Gasteiger partial charge on any atom is -0.459 e. The van der Waals surface area contributed by atoms with Crippen LogP contribution in [0.3, 0.4) is 0 Å². The molecule has 0 heterocycles. The maximum atomic E-state index is 11.4. The molecule has 2 atom stereocenters. The number of carbonyl (C=O) groups is 1. The van der Waals surface area contributed by atoms with E-state index in [1.165, 1.54) is 6.26 Å². The zero-order valence-electron chi connectivity index (χ0n) is 9.70. The lowest BCUT2D eigenvalue weighted by Gasteiger charge is -2.22. The minimum absolute atomic E-state index is 0.118. The summed E-state index contributed by atoms with van der Waals surface area (Å²) in [6.45, 7) is 5.27. The molecule has 3 N–H and O–H groups in total. The van der Waals surface area contributed by atoms with Crippen molar-refractivity contribution in [2.75, 3.05) is 12.0 Å². The summed E-state index contributed by atoms with van der Waals surface area (Å²) in [4.78, 5) is 11.4. The van der Waals surface area contributed by atoms with Crippen LogP contribution in [-0.2, 0) is 19.3 Å². The minimum atomic E-state index is -2.58. The second-order valence-corrected chi connectivity index (χ2v) is 7.06. The lowest BCUT2D eigenvalue weighted by Crippen LogP contribution is -2.38. The van der Waals surface area contributed by atoms with Gasteiger partial charge in [0.25, 0.3) is 0 Å². The van der Waals surface area contributed by atoms with Crippen molar-refractivity contribution in [2.24, 2.45) is 5.73 Å². The van der Waals surface area contributed by atoms with E-state index >= 15 is 0 Å². The van der Waals surface area contributed by atoms with Gasteiger partial charge in [-0.2, -0.15) is 0 Å². The van der Waals surface area contributed by atoms with E-state index in [1.807, 2.05) is 0 Å². The van der Waals surface area contributed by atoms with Crippen molar-refractivity contribution in [2.45, 2.75) is 38.8 Å². The Kier molecular flexibility index (Phi) is 4.73. The fourth-order valence-electron chi connectivity index (χ4n) is 0.847. The summed E-state index contributed by atoms with van der Waals surface area (Å²) < 4.78 is 23.3. The third-order valence-electron chi connectivity index (χ3n) is 1.53. The number of nitrogens with two attached hydrogens (primary N) is 1. The molecule has 0 aliphatic rings. The predicted octanol–water partition coefficient (Wildman–Crippen LogP) is 0.722. The number of carbonyl (C=O) groups excluding carboxylic acids is 1. The highest BCUT2D eigenvalue weighted by Gasteiger charge is 2.22. The predicted molar refractivity (Wildman–Crippen MR) is 60.1 cm³/mol. The van der Waals surface area contributed by atoms with Gasteiger partial charge in [0.2, 0.25) is 0 Å². The summed E-state index contributed by atoms with van der Waals surface area (Å²) >= 11 is 0. The Morgan fingerprint density at radius 2 is 2.00 bits per heavy atom. The summed E-state index contributed by atoms with van der Waals surface area (Å²) in [7, 11) is -2.58. The van der Waals surface area contributed by atoms with E-state index in [4.69, 9.17) is 15.3 Å². The molecule has 0 aromatic carbocycles. The summed E-state index contributed by atoms with van der Waals surface area (Å²) in [5.41, 5.74) is 4.98. The molecule has 0 aliphatic heterocycles. The van der Waals surface area contributed by atoms with Gasteiger partial charge in [0.1, 0.15) is 11.6 Å². The maximum absolute atomic E-state index is 11.4. The van der Waals surface area contributed by atoms with E-state index in [1.54, 1.807) is 20.8 Å². The molecule has 0 amide bonds. The highest BCUT2D eigenvalue weighted by atomic mass is 32.2. The topological polar surface area (TPSA) is 93.2 Å². The molecule has 2 unspecified atom stereocenters. The molecule has 15 heavy (non-hydrogen) atoms. The lowest BCUT2D eigenvalue weighted by atomic mass is 10.2. The van der Waals surface area contributed by atoms with Crippen LogP contribution in [-0.4, -0.2) is 33.8 Å². The van der Waals surface area contributed by atoms with Crippen LogP contribution < -0.4 is 5.73 Å². The van der Waals surface area contributed by atoms with Gasteiger partial charge in [0.15, 0.2) is 0 Å². The second kappa shape index (κ2) is 4.94. The second-order valence-electron chi connectivity index (χ2n) is 4.64. The molecule has 0 fully saturated rings. The monoisotopic (exact) mass is 236 g/mol. The quantitative estimate of drug-likeness (QED) is 0.703. The van der Waals surface area contributed by atoms with E-state index in [2.05, 4.69) is 0 Å². The number of esters is 1. The molecule has 0 spiro atoms. The molecule has 0 rings (SSSR count). The molecule has 0 saturated carbocycles. The third kappa shape index (κ3) is 8.38. The average molecular weight is 236 g/mol. The van der Waals surface area contributed by atoms with E-state index in [0.717, 1.165) is 0 Å². The van der Waals surface area contributed by atoms with Gasteiger partial charge in [-0.1, -0.05) is 0 Å². The fourth-order valence-corrected chi connectivity index (χ4v) is 1.55. The first-order valence-electron chi connectivity index (χ1n) is 4.71. The number of ether oxygens (including phenoxy) is 1. The van der Waals surface area contributed by atoms with Crippen LogP contribution in [0.4, 0.5) is 0 Å². The van der Waals surface area contributed by atoms with E-state index < -0.39 is 27.3 Å². The SMILES string of the molecule is CC(C)(C)OC(=O)C(N)CCS(C)(=N)=O. The smallest absolute Gasteiger partial charge is 0.323 e. The number of nitrogens with one attached hydrogen (secondary N) is 1. The van der Waals surface area contributed by atoms with Gasteiger partial charge in [-0.3, -0.25) is 13.8 Å². The highest BCUT2D eigenvalue weighted by molar-refractivity contribution is 7.91. The Labute approximate surface area is 91.3 Å². The molecule has 0 bridgehead atoms. The van der Waals surface area contributed by atoms with Gasteiger partial charge in [0, 0.05) is 21.7 Å². The van der Waals surface area contributed by atoms with E-state index in [-0.39, 0.29) is 12.2 Å². The normalized spacial score (nSPS) is 17.9. The first kappa shape index (κ1) is 14.4. The van der Waals surface area contributed by atoms with Crippen molar-refractivity contribution >= 4 is 15.7 Å². The molecular formula is C9H20N2O3S. The van der Waals surface area contributed by atoms with Gasteiger partial charge in [-0.15, -0.1) is 0 Å². The third-order valence-corrected chi connectivity index (χ3v) is 2.54. The van der Waals surface area contributed by atoms with Gasteiger partial charge in [-0.05, 0) is 27.2 Å². The van der Waals surface area contributed by atoms with Crippen LogP contribution in [0.1, 0.15) is 27.2 Å². The standard InChI is InChI=1S/C9H20N2O3S/c1-9(2,3)14-8(12)7(10)5-6-15(4,11)13/h7,11H,5-6,10H2,1-4H3. The Balaban J connectivity index is 4.12. The van der Waals surface area contributed by atoms with Crippen molar-refractivity contribution in [3.63, 3.8) is 0 Å². The van der Waals surface area contributed by atoms with Crippen LogP contribution in [0.25, 0.3) is 0 Å². The van der Waals surface area contributed by atoms with Crippen LogP contribution in [0.15, 0.2) is 0 Å². The summed E-state index contributed by atoms with van der Waals surface area (Å²) in [5, 5.41) is 0. The molecule has 0 saturated heterocycles. The maximum Gasteiger partial charge on any atom is 0.323 e. The molecule has 0 radical (unpaired) electrons. The molecule has 0 aromatic heterocycles. The van der Waals surface area contributed by atoms with Crippen molar-refractivity contribution in [1.29, 1.82) is 4.78 Å². The van der Waals surface area contributed by atoms with Gasteiger partial charge >= 0.3 is 5.97 Å². The summed E-state index contributed by atoms with van der Waals surface area (Å²) in [6, 6.07) is -0.796. The zero-order chi connectivity index (χ0) is 12.3. The highest BCUT2D eigenvalue weighted by Crippen LogP contribution is 2.09. The van der Waals surface area contributed by atoms with Crippen molar-refractivity contribution in [1.82, 2.24) is 0 Å². The molecule has 6 heteroatoms. The largest absolute Gasteiger partial charge is 0.459 e. The van der Waals surface area contributed by atoms with E-state index in [9.17, 15) is 9.00 Å². The Hall–Kier alpha value is -0.620. The Bertz CT molecular complexity index is 317. The first-order chi connectivity index (χ1) is 6.51. The van der Waals surface area contributed by atoms with Crippen LogP contribution in [0, 0.1) is 4.78 Å². The van der Waals surface area contributed by atoms with Crippen LogP contribution in [0.5, 0.6) is 0 Å². The number of hydrogen-bond donors (Lipinski definition) is 2. The fraction of sp³-hybridized carbons (Fsp3) is 0.889. The summed E-state index contributed by atoms with van der Waals surface area (Å²) in [6.07, 6.45) is 1.54. The molecule has 0 aliphatic carbocycles. The number of hydrogen-bond acceptors (Lipinski definition) is 5. The van der Waals surface area contributed by atoms with Gasteiger partial charge < -0.3 is 10.5 Å². The van der Waals surface area contributed by atoms with Crippen molar-refractivity contribution in [3.05, 3.63) is 0 Å². The average Bonchev–Trinajstić information content (AvgIpc) is 1.95. The van der Waals surface area contributed by atoms with Gasteiger partial charge in [0.05, 0.1) is 0 Å². The molecule has 5 nitrogen and oxygen atoms in total. The van der Waals surface area contributed by atoms with Crippen molar-refractivity contribution in [3.8, 4) is 0 Å². The number of rotatable bonds is 4. The Morgan fingerprint density at radius 3 is 2.33 bits per heavy atom.